The van der Waals surface area contributed by atoms with Crippen LogP contribution in [0.5, 0.6) is 0 Å². The van der Waals surface area contributed by atoms with Crippen molar-refractivity contribution in [3.05, 3.63) is 6.42 Å². The van der Waals surface area contributed by atoms with Crippen LogP contribution in [0.15, 0.2) is 0 Å². The molecular weight excluding hydrogens is 110 g/mol. The van der Waals surface area contributed by atoms with E-state index in [1.807, 2.05) is 0 Å². The molecule has 1 atom stereocenters. The lowest BCUT2D eigenvalue weighted by atomic mass is 9.93. The average Bonchev–Trinajstić information content (AvgIpc) is 2.44. The van der Waals surface area contributed by atoms with Crippen LogP contribution >= 0.6 is 0 Å². The van der Waals surface area contributed by atoms with Crippen LogP contribution in [0, 0.1) is 12.3 Å². The van der Waals surface area contributed by atoms with E-state index in [9.17, 15) is 0 Å². The number of hydrogen-bond acceptors (Lipinski definition) is 1. The first kappa shape index (κ1) is 5.72. The lowest BCUT2D eigenvalue weighted by molar-refractivity contribution is 0.430. The molecule has 0 aromatic carbocycles. The van der Waals surface area contributed by atoms with Crippen molar-refractivity contribution in [2.45, 2.75) is 31.7 Å². The van der Waals surface area contributed by atoms with E-state index in [1.54, 1.807) is 0 Å². The predicted molar refractivity (Wildman–Crippen MR) is 38.0 cm³/mol. The van der Waals surface area contributed by atoms with E-state index in [2.05, 4.69) is 11.7 Å². The van der Waals surface area contributed by atoms with Gasteiger partial charge in [0.15, 0.2) is 0 Å². The van der Waals surface area contributed by atoms with Gasteiger partial charge in [0.1, 0.15) is 0 Å². The minimum absolute atomic E-state index is 0.783. The second-order valence-corrected chi connectivity index (χ2v) is 3.27. The molecule has 0 aromatic heterocycles. The van der Waals surface area contributed by atoms with Crippen molar-refractivity contribution < 1.29 is 0 Å². The summed E-state index contributed by atoms with van der Waals surface area (Å²) in [5.41, 5.74) is 0. The Bertz CT molecular complexity index is 92.7. The molecule has 1 nitrogen and oxygen atoms in total. The standard InChI is InChI=1S/C8H14N/c1-2-8(3-1)9-6-7-4-5-7/h2,7-9H,1,3-6H2. The molecule has 0 amide bonds. The summed E-state index contributed by atoms with van der Waals surface area (Å²) in [4.78, 5) is 0. The Kier molecular flexibility index (Phi) is 1.46. The zero-order valence-corrected chi connectivity index (χ0v) is 5.77. The van der Waals surface area contributed by atoms with Gasteiger partial charge in [-0.25, -0.2) is 0 Å². The molecule has 0 bridgehead atoms. The Labute approximate surface area is 56.8 Å². The average molecular weight is 124 g/mol. The number of hydrogen-bond donors (Lipinski definition) is 1. The monoisotopic (exact) mass is 124 g/mol. The molecule has 2 fully saturated rings. The van der Waals surface area contributed by atoms with Crippen molar-refractivity contribution in [2.24, 2.45) is 5.92 Å². The van der Waals surface area contributed by atoms with Crippen molar-refractivity contribution in [3.63, 3.8) is 0 Å². The van der Waals surface area contributed by atoms with E-state index in [1.165, 1.54) is 32.2 Å². The van der Waals surface area contributed by atoms with E-state index in [0.29, 0.717) is 0 Å². The molecule has 2 rings (SSSR count). The topological polar surface area (TPSA) is 12.0 Å². The molecule has 1 heteroatoms. The fourth-order valence-corrected chi connectivity index (χ4v) is 1.16. The predicted octanol–water partition coefficient (Wildman–Crippen LogP) is 1.35. The Balaban J connectivity index is 1.55. The van der Waals surface area contributed by atoms with Gasteiger partial charge in [0.25, 0.3) is 0 Å². The van der Waals surface area contributed by atoms with Gasteiger partial charge in [-0.2, -0.15) is 0 Å². The van der Waals surface area contributed by atoms with Crippen LogP contribution in [0.4, 0.5) is 0 Å². The van der Waals surface area contributed by atoms with E-state index < -0.39 is 0 Å². The summed E-state index contributed by atoms with van der Waals surface area (Å²) in [6.45, 7) is 1.28. The van der Waals surface area contributed by atoms with Crippen molar-refractivity contribution in [1.82, 2.24) is 5.32 Å². The lowest BCUT2D eigenvalue weighted by Gasteiger charge is -2.25. The summed E-state index contributed by atoms with van der Waals surface area (Å²) in [5, 5.41) is 3.53. The van der Waals surface area contributed by atoms with Crippen LogP contribution < -0.4 is 5.32 Å². The van der Waals surface area contributed by atoms with Crippen LogP contribution in [0.25, 0.3) is 0 Å². The fraction of sp³-hybridized carbons (Fsp3) is 0.875. The quantitative estimate of drug-likeness (QED) is 0.599. The van der Waals surface area contributed by atoms with Crippen LogP contribution in [-0.2, 0) is 0 Å². The molecule has 1 unspecified atom stereocenters. The molecule has 2 aliphatic carbocycles. The molecule has 0 aliphatic heterocycles. The number of nitrogens with one attached hydrogen (secondary N) is 1. The van der Waals surface area contributed by atoms with E-state index in [0.717, 1.165) is 12.0 Å². The van der Waals surface area contributed by atoms with Crippen LogP contribution in [0.3, 0.4) is 0 Å². The zero-order chi connectivity index (χ0) is 6.10. The van der Waals surface area contributed by atoms with Gasteiger partial charge in [-0.05, 0) is 44.6 Å². The first-order valence-electron chi connectivity index (χ1n) is 4.02. The Morgan fingerprint density at radius 1 is 1.33 bits per heavy atom. The third kappa shape index (κ3) is 1.45. The maximum Gasteiger partial charge on any atom is 0.00987 e. The summed E-state index contributed by atoms with van der Waals surface area (Å²) in [6.07, 6.45) is 8.04. The van der Waals surface area contributed by atoms with Gasteiger partial charge in [-0.1, -0.05) is 0 Å². The van der Waals surface area contributed by atoms with Crippen LogP contribution in [-0.4, -0.2) is 12.6 Å². The molecule has 0 aromatic rings. The second-order valence-electron chi connectivity index (χ2n) is 3.27. The van der Waals surface area contributed by atoms with Gasteiger partial charge in [0.2, 0.25) is 0 Å². The van der Waals surface area contributed by atoms with Gasteiger partial charge < -0.3 is 5.32 Å². The maximum atomic E-state index is 3.53. The second kappa shape index (κ2) is 2.30. The molecule has 2 aliphatic rings. The molecule has 0 heterocycles. The summed E-state index contributed by atoms with van der Waals surface area (Å²) in [5.74, 6) is 1.04. The van der Waals surface area contributed by atoms with E-state index in [-0.39, 0.29) is 0 Å². The van der Waals surface area contributed by atoms with E-state index >= 15 is 0 Å². The molecule has 0 saturated heterocycles. The summed E-state index contributed by atoms with van der Waals surface area (Å²) in [7, 11) is 0. The molecule has 2 saturated carbocycles. The summed E-state index contributed by atoms with van der Waals surface area (Å²) < 4.78 is 0. The van der Waals surface area contributed by atoms with Crippen molar-refractivity contribution in [2.75, 3.05) is 6.54 Å². The molecule has 1 N–H and O–H groups in total. The highest BCUT2D eigenvalue weighted by Gasteiger charge is 2.24. The number of rotatable bonds is 3. The largest absolute Gasteiger partial charge is 0.313 e. The highest BCUT2D eigenvalue weighted by Crippen LogP contribution is 2.28. The smallest absolute Gasteiger partial charge is 0.00987 e. The van der Waals surface area contributed by atoms with Crippen LogP contribution in [0.2, 0.25) is 0 Å². The first-order valence-corrected chi connectivity index (χ1v) is 4.02. The third-order valence-electron chi connectivity index (χ3n) is 2.29. The van der Waals surface area contributed by atoms with Gasteiger partial charge in [0, 0.05) is 6.04 Å². The van der Waals surface area contributed by atoms with Gasteiger partial charge >= 0.3 is 0 Å². The minimum Gasteiger partial charge on any atom is -0.313 e. The third-order valence-corrected chi connectivity index (χ3v) is 2.29. The highest BCUT2D eigenvalue weighted by atomic mass is 14.9. The summed E-state index contributed by atoms with van der Waals surface area (Å²) >= 11 is 0. The molecular formula is C8H14N. The Morgan fingerprint density at radius 2 is 2.11 bits per heavy atom. The summed E-state index contributed by atoms with van der Waals surface area (Å²) in [6, 6.07) is 0.783. The van der Waals surface area contributed by atoms with Crippen molar-refractivity contribution >= 4 is 0 Å². The van der Waals surface area contributed by atoms with Crippen molar-refractivity contribution in [3.8, 4) is 0 Å². The van der Waals surface area contributed by atoms with Gasteiger partial charge in [-0.15, -0.1) is 0 Å². The van der Waals surface area contributed by atoms with Crippen LogP contribution in [0.1, 0.15) is 25.7 Å². The molecule has 0 spiro atoms. The first-order chi connectivity index (χ1) is 4.45. The molecule has 51 valence electrons. The maximum absolute atomic E-state index is 3.53. The molecule has 9 heavy (non-hydrogen) atoms. The lowest BCUT2D eigenvalue weighted by Crippen LogP contribution is -2.36. The minimum atomic E-state index is 0.783. The Hall–Kier alpha value is -0.0400. The van der Waals surface area contributed by atoms with Crippen molar-refractivity contribution in [1.29, 1.82) is 0 Å². The SMILES string of the molecule is [CH]1CCC1NCC1CC1. The highest BCUT2D eigenvalue weighted by molar-refractivity contribution is 4.94. The fourth-order valence-electron chi connectivity index (χ4n) is 1.16. The Morgan fingerprint density at radius 3 is 2.56 bits per heavy atom. The normalized spacial score (nSPS) is 28.0. The van der Waals surface area contributed by atoms with Gasteiger partial charge in [-0.3, -0.25) is 0 Å². The molecule has 1 radical (unpaired) electrons. The zero-order valence-electron chi connectivity index (χ0n) is 5.77. The van der Waals surface area contributed by atoms with E-state index in [4.69, 9.17) is 0 Å². The van der Waals surface area contributed by atoms with Gasteiger partial charge in [0.05, 0.1) is 0 Å².